The van der Waals surface area contributed by atoms with E-state index >= 15 is 0 Å². The largest absolute Gasteiger partial charge is 0.0616 e. The minimum Gasteiger partial charge on any atom is -0.0616 e. The first-order chi connectivity index (χ1) is 9.72. The number of hydrogen-bond donors (Lipinski definition) is 0. The summed E-state index contributed by atoms with van der Waals surface area (Å²) in [5.74, 6) is 0.602. The van der Waals surface area contributed by atoms with Gasteiger partial charge in [-0.2, -0.15) is 0 Å². The highest BCUT2D eigenvalue weighted by molar-refractivity contribution is 5.83. The smallest absolute Gasteiger partial charge is 0.00255 e. The fraction of sp³-hybridized carbons (Fsp3) is 0.200. The Labute approximate surface area is 121 Å². The van der Waals surface area contributed by atoms with Gasteiger partial charge in [0.2, 0.25) is 0 Å². The molecule has 0 N–H and O–H groups in total. The number of fused-ring (bicyclic) bond motifs is 1. The van der Waals surface area contributed by atoms with Crippen molar-refractivity contribution < 1.29 is 0 Å². The molecule has 3 aromatic rings. The lowest BCUT2D eigenvalue weighted by Crippen LogP contribution is -1.91. The molecule has 0 heteroatoms. The molecular formula is C20H20. The van der Waals surface area contributed by atoms with Crippen LogP contribution >= 0.6 is 0 Å². The summed E-state index contributed by atoms with van der Waals surface area (Å²) in [6.45, 7) is 4.47. The lowest BCUT2D eigenvalue weighted by Gasteiger charge is -2.08. The Morgan fingerprint density at radius 3 is 2.05 bits per heavy atom. The molecule has 0 saturated heterocycles. The van der Waals surface area contributed by atoms with Gasteiger partial charge in [0.1, 0.15) is 0 Å². The number of hydrogen-bond acceptors (Lipinski definition) is 0. The Balaban J connectivity index is 1.85. The Bertz CT molecular complexity index is 705. The number of benzene rings is 3. The van der Waals surface area contributed by atoms with E-state index in [1.54, 1.807) is 0 Å². The second kappa shape index (κ2) is 5.50. The molecule has 0 radical (unpaired) electrons. The predicted octanol–water partition coefficient (Wildman–Crippen LogP) is 5.55. The molecule has 20 heavy (non-hydrogen) atoms. The Morgan fingerprint density at radius 1 is 0.700 bits per heavy atom. The molecule has 0 atom stereocenters. The molecule has 0 aliphatic heterocycles. The zero-order valence-corrected chi connectivity index (χ0v) is 12.1. The van der Waals surface area contributed by atoms with Gasteiger partial charge in [0.05, 0.1) is 0 Å². The van der Waals surface area contributed by atoms with E-state index in [9.17, 15) is 0 Å². The van der Waals surface area contributed by atoms with Crippen LogP contribution in [0.15, 0.2) is 66.7 Å². The Kier molecular flexibility index (Phi) is 3.56. The van der Waals surface area contributed by atoms with Gasteiger partial charge >= 0.3 is 0 Å². The first-order valence-electron chi connectivity index (χ1n) is 7.29. The van der Waals surface area contributed by atoms with E-state index in [1.165, 1.54) is 27.5 Å². The highest BCUT2D eigenvalue weighted by Gasteiger charge is 2.01. The zero-order valence-electron chi connectivity index (χ0n) is 12.1. The molecule has 0 aromatic heterocycles. The summed E-state index contributed by atoms with van der Waals surface area (Å²) in [7, 11) is 0. The van der Waals surface area contributed by atoms with E-state index in [0.29, 0.717) is 5.92 Å². The van der Waals surface area contributed by atoms with Crippen molar-refractivity contribution in [3.05, 3.63) is 83.4 Å². The summed E-state index contributed by atoms with van der Waals surface area (Å²) in [6, 6.07) is 24.3. The second-order valence-electron chi connectivity index (χ2n) is 5.75. The van der Waals surface area contributed by atoms with E-state index in [4.69, 9.17) is 0 Å². The predicted molar refractivity (Wildman–Crippen MR) is 87.3 cm³/mol. The van der Waals surface area contributed by atoms with Gasteiger partial charge in [-0.3, -0.25) is 0 Å². The minimum absolute atomic E-state index is 0.602. The molecule has 0 bridgehead atoms. The average Bonchev–Trinajstić information content (AvgIpc) is 2.48. The van der Waals surface area contributed by atoms with E-state index < -0.39 is 0 Å². The lowest BCUT2D eigenvalue weighted by atomic mass is 9.98. The number of rotatable bonds is 3. The Morgan fingerprint density at radius 2 is 1.35 bits per heavy atom. The van der Waals surface area contributed by atoms with Gasteiger partial charge < -0.3 is 0 Å². The first kappa shape index (κ1) is 12.9. The monoisotopic (exact) mass is 260 g/mol. The third-order valence-corrected chi connectivity index (χ3v) is 3.87. The summed E-state index contributed by atoms with van der Waals surface area (Å²) in [5.41, 5.74) is 4.16. The molecular weight excluding hydrogens is 240 g/mol. The molecule has 0 unspecified atom stereocenters. The standard InChI is InChI=1S/C20H20/c1-15(2)18-10-7-16(8-11-18)13-17-9-12-19-5-3-4-6-20(19)14-17/h3-12,14-15H,13H2,1-2H3. The highest BCUT2D eigenvalue weighted by Crippen LogP contribution is 2.20. The van der Waals surface area contributed by atoms with Crippen LogP contribution in [0.3, 0.4) is 0 Å². The topological polar surface area (TPSA) is 0 Å². The minimum atomic E-state index is 0.602. The van der Waals surface area contributed by atoms with E-state index in [0.717, 1.165) is 6.42 Å². The van der Waals surface area contributed by atoms with Gasteiger partial charge in [-0.25, -0.2) is 0 Å². The van der Waals surface area contributed by atoms with Gasteiger partial charge in [0.15, 0.2) is 0 Å². The van der Waals surface area contributed by atoms with Crippen molar-refractivity contribution in [3.63, 3.8) is 0 Å². The average molecular weight is 260 g/mol. The molecule has 3 aromatic carbocycles. The van der Waals surface area contributed by atoms with E-state index in [2.05, 4.69) is 80.6 Å². The molecule has 0 amide bonds. The summed E-state index contributed by atoms with van der Waals surface area (Å²) in [6.07, 6.45) is 1.00. The van der Waals surface area contributed by atoms with Crippen LogP contribution in [-0.4, -0.2) is 0 Å². The van der Waals surface area contributed by atoms with Gasteiger partial charge in [-0.15, -0.1) is 0 Å². The van der Waals surface area contributed by atoms with Crippen LogP contribution in [0.1, 0.15) is 36.5 Å². The Hall–Kier alpha value is -2.08. The molecule has 100 valence electrons. The van der Waals surface area contributed by atoms with Crippen LogP contribution in [0.4, 0.5) is 0 Å². The second-order valence-corrected chi connectivity index (χ2v) is 5.75. The summed E-state index contributed by atoms with van der Waals surface area (Å²) < 4.78 is 0. The van der Waals surface area contributed by atoms with Gasteiger partial charge in [-0.05, 0) is 39.8 Å². The van der Waals surface area contributed by atoms with Crippen molar-refractivity contribution in [1.82, 2.24) is 0 Å². The quantitative estimate of drug-likeness (QED) is 0.579. The zero-order chi connectivity index (χ0) is 13.9. The third kappa shape index (κ3) is 2.75. The highest BCUT2D eigenvalue weighted by atomic mass is 14.1. The van der Waals surface area contributed by atoms with Crippen molar-refractivity contribution in [1.29, 1.82) is 0 Å². The summed E-state index contributed by atoms with van der Waals surface area (Å²) in [5, 5.41) is 2.63. The van der Waals surface area contributed by atoms with Crippen LogP contribution in [-0.2, 0) is 6.42 Å². The van der Waals surface area contributed by atoms with Crippen LogP contribution in [0.25, 0.3) is 10.8 Å². The molecule has 0 nitrogen and oxygen atoms in total. The SMILES string of the molecule is CC(C)c1ccc(Cc2ccc3ccccc3c2)cc1. The van der Waals surface area contributed by atoms with Crippen molar-refractivity contribution in [3.8, 4) is 0 Å². The molecule has 0 aliphatic carbocycles. The van der Waals surface area contributed by atoms with Gasteiger partial charge in [0, 0.05) is 0 Å². The fourth-order valence-electron chi connectivity index (χ4n) is 2.60. The van der Waals surface area contributed by atoms with Crippen molar-refractivity contribution in [2.45, 2.75) is 26.2 Å². The molecule has 0 fully saturated rings. The normalized spacial score (nSPS) is 11.2. The van der Waals surface area contributed by atoms with Crippen LogP contribution < -0.4 is 0 Å². The summed E-state index contributed by atoms with van der Waals surface area (Å²) in [4.78, 5) is 0. The van der Waals surface area contributed by atoms with Crippen molar-refractivity contribution >= 4 is 10.8 Å². The lowest BCUT2D eigenvalue weighted by molar-refractivity contribution is 0.865. The van der Waals surface area contributed by atoms with Crippen LogP contribution in [0.2, 0.25) is 0 Å². The van der Waals surface area contributed by atoms with Crippen LogP contribution in [0.5, 0.6) is 0 Å². The molecule has 0 aliphatic rings. The molecule has 3 rings (SSSR count). The molecule has 0 saturated carbocycles. The fourth-order valence-corrected chi connectivity index (χ4v) is 2.60. The maximum Gasteiger partial charge on any atom is -0.00255 e. The summed E-state index contributed by atoms with van der Waals surface area (Å²) >= 11 is 0. The first-order valence-corrected chi connectivity index (χ1v) is 7.29. The third-order valence-electron chi connectivity index (χ3n) is 3.87. The maximum atomic E-state index is 2.30. The van der Waals surface area contributed by atoms with Gasteiger partial charge in [0.25, 0.3) is 0 Å². The maximum absolute atomic E-state index is 2.30. The van der Waals surface area contributed by atoms with Crippen molar-refractivity contribution in [2.75, 3.05) is 0 Å². The van der Waals surface area contributed by atoms with Crippen molar-refractivity contribution in [2.24, 2.45) is 0 Å². The molecule has 0 spiro atoms. The van der Waals surface area contributed by atoms with Crippen LogP contribution in [0, 0.1) is 0 Å². The molecule has 0 heterocycles. The van der Waals surface area contributed by atoms with E-state index in [1.807, 2.05) is 0 Å². The van der Waals surface area contributed by atoms with E-state index in [-0.39, 0.29) is 0 Å². The van der Waals surface area contributed by atoms with Gasteiger partial charge in [-0.1, -0.05) is 80.6 Å².